The Labute approximate surface area is 118 Å². The largest absolute Gasteiger partial charge is 0.235 e. The second-order valence-electron chi connectivity index (χ2n) is 4.10. The lowest BCUT2D eigenvalue weighted by Gasteiger charge is -2.21. The molecule has 0 N–H and O–H groups in total. The molecule has 0 spiro atoms. The van der Waals surface area contributed by atoms with Gasteiger partial charge in [-0.25, -0.2) is 20.2 Å². The highest BCUT2D eigenvalue weighted by Crippen LogP contribution is 2.03. The van der Waals surface area contributed by atoms with Crippen molar-refractivity contribution in [3.8, 4) is 0 Å². The summed E-state index contributed by atoms with van der Waals surface area (Å²) >= 11 is 0. The molecule has 14 heteroatoms. The van der Waals surface area contributed by atoms with E-state index in [1.54, 1.807) is 0 Å². The van der Waals surface area contributed by atoms with Crippen LogP contribution in [0.4, 0.5) is 0 Å². The van der Waals surface area contributed by atoms with E-state index in [0.29, 0.717) is 10.0 Å². The number of azide groups is 2. The molecule has 0 aromatic rings. The zero-order chi connectivity index (χ0) is 16.4. The first-order chi connectivity index (χ1) is 9.81. The topological polar surface area (TPSA) is 190 Å². The predicted octanol–water partition coefficient (Wildman–Crippen LogP) is 1.33. The third-order valence-corrected chi connectivity index (χ3v) is 2.24. The molecular weight excluding hydrogens is 288 g/mol. The minimum atomic E-state index is -0.821. The van der Waals surface area contributed by atoms with Crippen molar-refractivity contribution in [3.05, 3.63) is 41.1 Å². The molecule has 116 valence electrons. The van der Waals surface area contributed by atoms with Crippen LogP contribution in [-0.4, -0.2) is 51.9 Å². The van der Waals surface area contributed by atoms with Gasteiger partial charge in [-0.1, -0.05) is 24.1 Å². The molecule has 0 heterocycles. The number of nitrogens with zero attached hydrogens (tertiary/aromatic N) is 10. The highest BCUT2D eigenvalue weighted by Gasteiger charge is 2.27. The number of hydrazine groups is 2. The SMILES string of the molecule is CC(CN(CN(CC(C)N=[N+]=[N-])[N+](=O)[O-])[N+](=O)[O-])N=[N+]=[N-]. The van der Waals surface area contributed by atoms with Gasteiger partial charge in [0.05, 0.1) is 25.2 Å². The van der Waals surface area contributed by atoms with Gasteiger partial charge in [0.1, 0.15) is 0 Å². The number of nitro groups is 2. The number of rotatable bonds is 10. The first-order valence-electron chi connectivity index (χ1n) is 5.68. The maximum atomic E-state index is 10.9. The summed E-state index contributed by atoms with van der Waals surface area (Å²) in [6, 6.07) is -1.47. The molecule has 0 aliphatic heterocycles. The van der Waals surface area contributed by atoms with Crippen LogP contribution in [0.3, 0.4) is 0 Å². The van der Waals surface area contributed by atoms with E-state index in [-0.39, 0.29) is 13.1 Å². The van der Waals surface area contributed by atoms with Gasteiger partial charge in [0.15, 0.2) is 10.1 Å². The molecule has 0 saturated carbocycles. The Morgan fingerprint density at radius 2 is 1.33 bits per heavy atom. The second-order valence-corrected chi connectivity index (χ2v) is 4.10. The van der Waals surface area contributed by atoms with Crippen LogP contribution in [0.1, 0.15) is 13.8 Å². The Balaban J connectivity index is 4.90. The minimum Gasteiger partial charge on any atom is -0.235 e. The first kappa shape index (κ1) is 18.0. The van der Waals surface area contributed by atoms with E-state index in [1.807, 2.05) is 0 Å². The first-order valence-corrected chi connectivity index (χ1v) is 5.68. The summed E-state index contributed by atoms with van der Waals surface area (Å²) in [4.78, 5) is 26.8. The van der Waals surface area contributed by atoms with Crippen molar-refractivity contribution in [2.75, 3.05) is 19.8 Å². The van der Waals surface area contributed by atoms with E-state index in [4.69, 9.17) is 11.1 Å². The lowest BCUT2D eigenvalue weighted by Crippen LogP contribution is -2.47. The summed E-state index contributed by atoms with van der Waals surface area (Å²) in [6.45, 7) is 1.65. The van der Waals surface area contributed by atoms with Gasteiger partial charge >= 0.3 is 0 Å². The zero-order valence-corrected chi connectivity index (χ0v) is 11.4. The zero-order valence-electron chi connectivity index (χ0n) is 11.4. The highest BCUT2D eigenvalue weighted by molar-refractivity contribution is 4.65. The lowest BCUT2D eigenvalue weighted by atomic mass is 10.3. The maximum absolute atomic E-state index is 10.9. The van der Waals surface area contributed by atoms with E-state index in [9.17, 15) is 20.2 Å². The van der Waals surface area contributed by atoms with Gasteiger partial charge in [-0.3, -0.25) is 0 Å². The van der Waals surface area contributed by atoms with Crippen molar-refractivity contribution in [2.45, 2.75) is 25.9 Å². The van der Waals surface area contributed by atoms with Crippen LogP contribution >= 0.6 is 0 Å². The van der Waals surface area contributed by atoms with Gasteiger partial charge < -0.3 is 0 Å². The van der Waals surface area contributed by atoms with Crippen LogP contribution in [0.25, 0.3) is 20.9 Å². The fourth-order valence-electron chi connectivity index (χ4n) is 1.40. The molecule has 0 fully saturated rings. The van der Waals surface area contributed by atoms with E-state index in [2.05, 4.69) is 20.1 Å². The summed E-state index contributed by atoms with van der Waals surface area (Å²) < 4.78 is 0. The number of hydrogen-bond acceptors (Lipinski definition) is 6. The van der Waals surface area contributed by atoms with Crippen LogP contribution < -0.4 is 0 Å². The Morgan fingerprint density at radius 3 is 1.57 bits per heavy atom. The molecule has 0 rings (SSSR count). The van der Waals surface area contributed by atoms with E-state index in [0.717, 1.165) is 0 Å². The molecule has 0 aromatic heterocycles. The van der Waals surface area contributed by atoms with Crippen molar-refractivity contribution in [3.63, 3.8) is 0 Å². The van der Waals surface area contributed by atoms with Crippen LogP contribution in [0.15, 0.2) is 10.2 Å². The average molecular weight is 302 g/mol. The molecular formula is C7H14N10O4. The van der Waals surface area contributed by atoms with Crippen LogP contribution in [0, 0.1) is 20.2 Å². The molecule has 0 amide bonds. The third-order valence-electron chi connectivity index (χ3n) is 2.24. The maximum Gasteiger partial charge on any atom is 0.207 e. The highest BCUT2D eigenvalue weighted by atomic mass is 16.7. The van der Waals surface area contributed by atoms with Gasteiger partial charge in [0, 0.05) is 9.82 Å². The van der Waals surface area contributed by atoms with Crippen molar-refractivity contribution < 1.29 is 10.1 Å². The molecule has 0 aromatic carbocycles. The fraction of sp³-hybridized carbons (Fsp3) is 1.00. The summed E-state index contributed by atoms with van der Waals surface area (Å²) in [5, 5.41) is 27.7. The Hall–Kier alpha value is -2.98. The van der Waals surface area contributed by atoms with Gasteiger partial charge in [0.25, 0.3) is 0 Å². The van der Waals surface area contributed by atoms with Crippen molar-refractivity contribution in [2.24, 2.45) is 10.2 Å². The van der Waals surface area contributed by atoms with Gasteiger partial charge in [-0.15, -0.1) is 10.0 Å². The van der Waals surface area contributed by atoms with Gasteiger partial charge in [-0.2, -0.15) is 0 Å². The molecule has 0 bridgehead atoms. The quantitative estimate of drug-likeness (QED) is 0.146. The molecule has 21 heavy (non-hydrogen) atoms. The van der Waals surface area contributed by atoms with E-state index in [1.165, 1.54) is 13.8 Å². The Morgan fingerprint density at radius 1 is 1.00 bits per heavy atom. The molecule has 0 radical (unpaired) electrons. The van der Waals surface area contributed by atoms with Crippen LogP contribution in [0.5, 0.6) is 0 Å². The van der Waals surface area contributed by atoms with Crippen molar-refractivity contribution >= 4 is 0 Å². The van der Waals surface area contributed by atoms with Crippen molar-refractivity contribution in [1.29, 1.82) is 0 Å². The monoisotopic (exact) mass is 302 g/mol. The summed E-state index contributed by atoms with van der Waals surface area (Å²) in [6.07, 6.45) is 0. The number of hydrogen-bond donors (Lipinski definition) is 0. The summed E-state index contributed by atoms with van der Waals surface area (Å²) in [5.74, 6) is 0. The molecule has 0 saturated heterocycles. The molecule has 2 unspecified atom stereocenters. The van der Waals surface area contributed by atoms with E-state index < -0.39 is 28.8 Å². The predicted molar refractivity (Wildman–Crippen MR) is 69.5 cm³/mol. The standard InChI is InChI=1S/C7H14N10O4/c1-6(10-12-8)3-14(16(18)19)5-15(17(20)21)4-7(2)11-13-9/h6-7H,3-5H2,1-2H3. The molecule has 0 aliphatic carbocycles. The molecule has 0 aliphatic rings. The van der Waals surface area contributed by atoms with Crippen LogP contribution in [0.2, 0.25) is 0 Å². The smallest absolute Gasteiger partial charge is 0.207 e. The fourth-order valence-corrected chi connectivity index (χ4v) is 1.40. The normalized spacial score (nSPS) is 12.3. The minimum absolute atomic E-state index is 0.294. The van der Waals surface area contributed by atoms with Gasteiger partial charge in [0.2, 0.25) is 6.67 Å². The molecule has 2 atom stereocenters. The molecule has 14 nitrogen and oxygen atoms in total. The Bertz CT molecular complexity index is 428. The van der Waals surface area contributed by atoms with E-state index >= 15 is 0 Å². The lowest BCUT2D eigenvalue weighted by molar-refractivity contribution is -0.712. The average Bonchev–Trinajstić information content (AvgIpc) is 2.37. The summed E-state index contributed by atoms with van der Waals surface area (Å²) in [5.41, 5.74) is 16.5. The second kappa shape index (κ2) is 9.01. The van der Waals surface area contributed by atoms with Crippen molar-refractivity contribution in [1.82, 2.24) is 10.0 Å². The Kier molecular flexibility index (Phi) is 7.73. The van der Waals surface area contributed by atoms with Crippen LogP contribution in [-0.2, 0) is 0 Å². The third kappa shape index (κ3) is 7.25. The summed E-state index contributed by atoms with van der Waals surface area (Å²) in [7, 11) is 0. The van der Waals surface area contributed by atoms with Gasteiger partial charge in [-0.05, 0) is 11.1 Å².